The van der Waals surface area contributed by atoms with Crippen molar-refractivity contribution >= 4 is 22.8 Å². The topological polar surface area (TPSA) is 94.1 Å². The summed E-state index contributed by atoms with van der Waals surface area (Å²) in [7, 11) is 3.30. The summed E-state index contributed by atoms with van der Waals surface area (Å²) in [6.45, 7) is 1.05. The third kappa shape index (κ3) is 3.32. The van der Waals surface area contributed by atoms with Gasteiger partial charge in [0.15, 0.2) is 5.65 Å². The first-order chi connectivity index (χ1) is 11.2. The summed E-state index contributed by atoms with van der Waals surface area (Å²) in [6, 6.07) is 7.43. The lowest BCUT2D eigenvalue weighted by molar-refractivity contribution is 0.146. The predicted octanol–water partition coefficient (Wildman–Crippen LogP) is 1.43. The molecule has 1 aromatic carbocycles. The summed E-state index contributed by atoms with van der Waals surface area (Å²) >= 11 is 0. The number of anilines is 2. The maximum absolute atomic E-state index is 11.6. The third-order valence-electron chi connectivity index (χ3n) is 3.33. The highest BCUT2D eigenvalue weighted by Crippen LogP contribution is 2.18. The van der Waals surface area contributed by atoms with Crippen LogP contribution >= 0.6 is 0 Å². The fourth-order valence-electron chi connectivity index (χ4n) is 2.07. The van der Waals surface area contributed by atoms with Crippen LogP contribution in [-0.2, 0) is 11.8 Å². The molecule has 0 bridgehead atoms. The quantitative estimate of drug-likeness (QED) is 0.668. The largest absolute Gasteiger partial charge is 0.491 e. The smallest absolute Gasteiger partial charge is 0.327 e. The van der Waals surface area contributed by atoms with Gasteiger partial charge in [-0.2, -0.15) is 4.98 Å². The molecule has 8 nitrogen and oxygen atoms in total. The highest BCUT2D eigenvalue weighted by Gasteiger charge is 2.06. The highest BCUT2D eigenvalue weighted by atomic mass is 16.5. The minimum atomic E-state index is -0.219. The van der Waals surface area contributed by atoms with E-state index in [9.17, 15) is 4.79 Å². The zero-order valence-corrected chi connectivity index (χ0v) is 12.9. The molecule has 0 spiro atoms. The molecule has 0 radical (unpaired) electrons. The monoisotopic (exact) mass is 315 g/mol. The summed E-state index contributed by atoms with van der Waals surface area (Å²) < 4.78 is 11.9. The number of aryl methyl sites for hydroxylation is 1. The highest BCUT2D eigenvalue weighted by molar-refractivity contribution is 5.71. The van der Waals surface area contributed by atoms with Crippen LogP contribution in [0.5, 0.6) is 5.75 Å². The Hall–Kier alpha value is -2.87. The number of imidazole rings is 1. The first-order valence-corrected chi connectivity index (χ1v) is 7.08. The Morgan fingerprint density at radius 2 is 2.04 bits per heavy atom. The summed E-state index contributed by atoms with van der Waals surface area (Å²) in [5.41, 5.74) is 1.75. The molecule has 2 aromatic heterocycles. The number of nitrogens with one attached hydrogen (secondary N) is 2. The van der Waals surface area contributed by atoms with Gasteiger partial charge in [-0.3, -0.25) is 9.55 Å². The Balaban J connectivity index is 1.72. The Morgan fingerprint density at radius 3 is 2.78 bits per heavy atom. The van der Waals surface area contributed by atoms with E-state index in [0.717, 1.165) is 11.4 Å². The molecule has 0 aliphatic heterocycles. The van der Waals surface area contributed by atoms with E-state index in [1.54, 1.807) is 20.4 Å². The van der Waals surface area contributed by atoms with Crippen LogP contribution in [0.4, 0.5) is 11.6 Å². The van der Waals surface area contributed by atoms with E-state index in [-0.39, 0.29) is 5.69 Å². The zero-order valence-electron chi connectivity index (χ0n) is 12.9. The van der Waals surface area contributed by atoms with Crippen molar-refractivity contribution in [1.82, 2.24) is 19.5 Å². The molecule has 0 saturated heterocycles. The summed E-state index contributed by atoms with van der Waals surface area (Å²) in [6.07, 6.45) is 1.60. The normalized spacial score (nSPS) is 10.9. The van der Waals surface area contributed by atoms with Crippen molar-refractivity contribution in [2.75, 3.05) is 25.6 Å². The van der Waals surface area contributed by atoms with E-state index in [2.05, 4.69) is 20.3 Å². The van der Waals surface area contributed by atoms with E-state index in [4.69, 9.17) is 9.47 Å². The van der Waals surface area contributed by atoms with Crippen LogP contribution in [0.3, 0.4) is 0 Å². The first kappa shape index (κ1) is 15.0. The zero-order chi connectivity index (χ0) is 16.2. The van der Waals surface area contributed by atoms with E-state index in [1.165, 1.54) is 4.57 Å². The van der Waals surface area contributed by atoms with E-state index in [1.807, 2.05) is 24.3 Å². The number of benzene rings is 1. The number of nitrogens with zero attached hydrogens (tertiary/aromatic N) is 3. The molecule has 0 saturated carbocycles. The molecule has 0 aliphatic rings. The van der Waals surface area contributed by atoms with Crippen LogP contribution < -0.4 is 15.7 Å². The van der Waals surface area contributed by atoms with E-state index in [0.29, 0.717) is 30.3 Å². The van der Waals surface area contributed by atoms with Gasteiger partial charge in [0.1, 0.15) is 17.9 Å². The lowest BCUT2D eigenvalue weighted by Gasteiger charge is -2.07. The molecule has 3 aromatic rings. The number of rotatable bonds is 6. The van der Waals surface area contributed by atoms with Crippen molar-refractivity contribution < 1.29 is 9.47 Å². The van der Waals surface area contributed by atoms with Gasteiger partial charge in [-0.05, 0) is 24.3 Å². The number of fused-ring (bicyclic) bond motifs is 1. The molecule has 120 valence electrons. The van der Waals surface area contributed by atoms with Gasteiger partial charge in [-0.15, -0.1) is 0 Å². The number of ether oxygens (including phenoxy) is 2. The average molecular weight is 315 g/mol. The first-order valence-electron chi connectivity index (χ1n) is 7.08. The Bertz CT molecular complexity index is 854. The van der Waals surface area contributed by atoms with E-state index < -0.39 is 0 Å². The van der Waals surface area contributed by atoms with Gasteiger partial charge < -0.3 is 14.8 Å². The summed E-state index contributed by atoms with van der Waals surface area (Å²) in [5.74, 6) is 1.17. The van der Waals surface area contributed by atoms with Crippen LogP contribution in [0.1, 0.15) is 0 Å². The maximum Gasteiger partial charge on any atom is 0.327 e. The number of hydrogen-bond acceptors (Lipinski definition) is 6. The van der Waals surface area contributed by atoms with Gasteiger partial charge in [-0.25, -0.2) is 9.78 Å². The minimum absolute atomic E-state index is 0.219. The van der Waals surface area contributed by atoms with E-state index >= 15 is 0 Å². The third-order valence-corrected chi connectivity index (χ3v) is 3.33. The lowest BCUT2D eigenvalue weighted by Crippen LogP contribution is -2.11. The number of hydrogen-bond donors (Lipinski definition) is 2. The fourth-order valence-corrected chi connectivity index (χ4v) is 2.07. The Kier molecular flexibility index (Phi) is 4.24. The van der Waals surface area contributed by atoms with Gasteiger partial charge in [0.2, 0.25) is 5.95 Å². The second kappa shape index (κ2) is 6.49. The van der Waals surface area contributed by atoms with Crippen LogP contribution in [-0.4, -0.2) is 39.8 Å². The number of aromatic nitrogens is 4. The standard InChI is InChI=1S/C15H17N5O3/c1-20-12-9-16-14(18-13(12)19-15(20)21)17-10-3-5-11(6-4-10)23-8-7-22-2/h3-6,9H,7-8H2,1-2H3,(H2,16,17,18,19,21). The lowest BCUT2D eigenvalue weighted by atomic mass is 10.3. The molecular formula is C15H17N5O3. The van der Waals surface area contributed by atoms with Crippen LogP contribution in [0.15, 0.2) is 35.3 Å². The van der Waals surface area contributed by atoms with Crippen LogP contribution in [0, 0.1) is 0 Å². The summed E-state index contributed by atoms with van der Waals surface area (Å²) in [4.78, 5) is 22.7. The second-order valence-corrected chi connectivity index (χ2v) is 4.91. The molecule has 0 fully saturated rings. The van der Waals surface area contributed by atoms with Crippen molar-refractivity contribution in [2.24, 2.45) is 7.05 Å². The number of methoxy groups -OCH3 is 1. The van der Waals surface area contributed by atoms with Crippen molar-refractivity contribution in [2.45, 2.75) is 0 Å². The molecule has 2 N–H and O–H groups in total. The van der Waals surface area contributed by atoms with Gasteiger partial charge in [0.05, 0.1) is 12.8 Å². The fraction of sp³-hybridized carbons (Fsp3) is 0.267. The van der Waals surface area contributed by atoms with Crippen molar-refractivity contribution in [3.8, 4) is 5.75 Å². The molecule has 0 unspecified atom stereocenters. The number of aromatic amines is 1. The molecule has 8 heteroatoms. The van der Waals surface area contributed by atoms with Gasteiger partial charge in [-0.1, -0.05) is 0 Å². The average Bonchev–Trinajstić information content (AvgIpc) is 2.83. The molecule has 0 atom stereocenters. The second-order valence-electron chi connectivity index (χ2n) is 4.91. The van der Waals surface area contributed by atoms with Crippen LogP contribution in [0.25, 0.3) is 11.2 Å². The minimum Gasteiger partial charge on any atom is -0.491 e. The number of H-pyrrole nitrogens is 1. The van der Waals surface area contributed by atoms with Gasteiger partial charge in [0.25, 0.3) is 0 Å². The Labute approximate surface area is 132 Å². The van der Waals surface area contributed by atoms with Crippen molar-refractivity contribution in [3.63, 3.8) is 0 Å². The van der Waals surface area contributed by atoms with Gasteiger partial charge in [0, 0.05) is 19.8 Å². The molecule has 0 amide bonds. The van der Waals surface area contributed by atoms with Gasteiger partial charge >= 0.3 is 5.69 Å². The summed E-state index contributed by atoms with van der Waals surface area (Å²) in [5, 5.41) is 3.09. The predicted molar refractivity (Wildman–Crippen MR) is 86.2 cm³/mol. The molecule has 2 heterocycles. The molecule has 3 rings (SSSR count). The molecule has 0 aliphatic carbocycles. The Morgan fingerprint density at radius 1 is 1.26 bits per heavy atom. The SMILES string of the molecule is COCCOc1ccc(Nc2ncc3c(n2)[nH]c(=O)n3C)cc1. The maximum atomic E-state index is 11.6. The molecule has 23 heavy (non-hydrogen) atoms. The van der Waals surface area contributed by atoms with Crippen molar-refractivity contribution in [1.29, 1.82) is 0 Å². The van der Waals surface area contributed by atoms with Crippen LogP contribution in [0.2, 0.25) is 0 Å². The molecular weight excluding hydrogens is 298 g/mol. The van der Waals surface area contributed by atoms with Crippen molar-refractivity contribution in [3.05, 3.63) is 40.9 Å².